The van der Waals surface area contributed by atoms with Crippen molar-refractivity contribution >= 4 is 22.9 Å². The van der Waals surface area contributed by atoms with Gasteiger partial charge in [0, 0.05) is 29.4 Å². The summed E-state index contributed by atoms with van der Waals surface area (Å²) in [4.78, 5) is 0. The van der Waals surface area contributed by atoms with Gasteiger partial charge in [0.2, 0.25) is 0 Å². The second-order valence-corrected chi connectivity index (χ2v) is 5.56. The second kappa shape index (κ2) is 9.81. The van der Waals surface area contributed by atoms with Gasteiger partial charge in [-0.3, -0.25) is 3.53 Å². The average Bonchev–Trinajstić information content (AvgIpc) is 2.17. The molecule has 0 saturated heterocycles. The molecule has 0 unspecified atom stereocenters. The summed E-state index contributed by atoms with van der Waals surface area (Å²) in [6.45, 7) is 8.78. The molecule has 0 aromatic heterocycles. The van der Waals surface area contributed by atoms with Gasteiger partial charge in [-0.2, -0.15) is 0 Å². The Kier molecular flexibility index (Phi) is 10.2. The topological polar surface area (TPSA) is 50.1 Å². The molecule has 0 fully saturated rings. The molecule has 0 aromatic carbocycles. The Morgan fingerprint density at radius 1 is 1.07 bits per heavy atom. The molecule has 0 aliphatic heterocycles. The Hall–Kier alpha value is 0.610. The quantitative estimate of drug-likeness (QED) is 0.327. The number of rotatable bonds is 10. The van der Waals surface area contributed by atoms with Crippen molar-refractivity contribution in [1.29, 1.82) is 0 Å². The van der Waals surface area contributed by atoms with Crippen molar-refractivity contribution in [2.24, 2.45) is 11.1 Å². The molecule has 92 valence electrons. The van der Waals surface area contributed by atoms with Gasteiger partial charge in [0.1, 0.15) is 0 Å². The smallest absolute Gasteiger partial charge is 0.0169 e. The Bertz CT molecular complexity index is 140. The van der Waals surface area contributed by atoms with Gasteiger partial charge in [-0.1, -0.05) is 13.8 Å². The van der Waals surface area contributed by atoms with Crippen LogP contribution in [0.2, 0.25) is 0 Å². The minimum atomic E-state index is 0.462. The summed E-state index contributed by atoms with van der Waals surface area (Å²) in [6, 6.07) is 0. The molecule has 0 aliphatic rings. The van der Waals surface area contributed by atoms with Crippen LogP contribution in [0.25, 0.3) is 0 Å². The number of nitrogens with one attached hydrogen (secondary N) is 2. The normalized spacial score (nSPS) is 12.0. The lowest BCUT2D eigenvalue weighted by atomic mass is 9.84. The number of halogens is 1. The molecule has 4 N–H and O–H groups in total. The van der Waals surface area contributed by atoms with E-state index in [9.17, 15) is 0 Å². The zero-order chi connectivity index (χ0) is 11.6. The van der Waals surface area contributed by atoms with Crippen molar-refractivity contribution in [2.75, 3.05) is 26.2 Å². The van der Waals surface area contributed by atoms with Crippen LogP contribution in [0.3, 0.4) is 0 Å². The van der Waals surface area contributed by atoms with E-state index >= 15 is 0 Å². The molecule has 0 radical (unpaired) electrons. The lowest BCUT2D eigenvalue weighted by molar-refractivity contribution is 0.295. The highest BCUT2D eigenvalue weighted by Gasteiger charge is 2.16. The molecule has 0 spiro atoms. The van der Waals surface area contributed by atoms with Gasteiger partial charge < -0.3 is 11.1 Å². The van der Waals surface area contributed by atoms with Gasteiger partial charge in [-0.25, -0.2) is 0 Å². The molecule has 0 rings (SSSR count). The van der Waals surface area contributed by atoms with Crippen molar-refractivity contribution < 1.29 is 0 Å². The summed E-state index contributed by atoms with van der Waals surface area (Å²) >= 11 is 2.21. The first-order chi connectivity index (χ1) is 7.12. The summed E-state index contributed by atoms with van der Waals surface area (Å²) in [6.07, 6.45) is 4.89. The van der Waals surface area contributed by atoms with Crippen LogP contribution in [0.15, 0.2) is 0 Å². The SMILES string of the molecule is CC(C)(CCCNI)CCNCCCN. The van der Waals surface area contributed by atoms with Crippen molar-refractivity contribution in [1.82, 2.24) is 8.85 Å². The third kappa shape index (κ3) is 10.9. The summed E-state index contributed by atoms with van der Waals surface area (Å²) in [5.41, 5.74) is 5.89. The Morgan fingerprint density at radius 3 is 2.40 bits per heavy atom. The molecule has 0 saturated carbocycles. The van der Waals surface area contributed by atoms with E-state index in [1.165, 1.54) is 19.3 Å². The van der Waals surface area contributed by atoms with Gasteiger partial charge in [-0.05, 0) is 50.7 Å². The highest BCUT2D eigenvalue weighted by molar-refractivity contribution is 14.1. The van der Waals surface area contributed by atoms with Crippen molar-refractivity contribution in [3.8, 4) is 0 Å². The highest BCUT2D eigenvalue weighted by Crippen LogP contribution is 2.25. The first-order valence-corrected chi connectivity index (χ1v) is 6.94. The van der Waals surface area contributed by atoms with E-state index in [0.29, 0.717) is 5.41 Å². The minimum Gasteiger partial charge on any atom is -0.330 e. The Morgan fingerprint density at radius 2 is 1.80 bits per heavy atom. The van der Waals surface area contributed by atoms with E-state index < -0.39 is 0 Å². The molecular weight excluding hydrogens is 301 g/mol. The highest BCUT2D eigenvalue weighted by atomic mass is 127. The van der Waals surface area contributed by atoms with Crippen LogP contribution in [0.4, 0.5) is 0 Å². The largest absolute Gasteiger partial charge is 0.330 e. The standard InChI is InChI=1S/C11H26IN3/c1-11(2,5-3-9-15-12)6-10-14-8-4-7-13/h14-15H,3-10,13H2,1-2H3. The van der Waals surface area contributed by atoms with Crippen LogP contribution >= 0.6 is 22.9 Å². The van der Waals surface area contributed by atoms with Crippen LogP contribution in [0.1, 0.15) is 39.5 Å². The van der Waals surface area contributed by atoms with Crippen LogP contribution < -0.4 is 14.6 Å². The fraction of sp³-hybridized carbons (Fsp3) is 1.00. The zero-order valence-corrected chi connectivity index (χ0v) is 12.3. The molecule has 0 aliphatic carbocycles. The van der Waals surface area contributed by atoms with E-state index in [4.69, 9.17) is 5.73 Å². The molecule has 0 amide bonds. The third-order valence-electron chi connectivity index (χ3n) is 2.66. The van der Waals surface area contributed by atoms with Gasteiger partial charge >= 0.3 is 0 Å². The lowest BCUT2D eigenvalue weighted by Gasteiger charge is -2.24. The van der Waals surface area contributed by atoms with Gasteiger partial charge in [0.25, 0.3) is 0 Å². The van der Waals surface area contributed by atoms with Crippen molar-refractivity contribution in [3.05, 3.63) is 0 Å². The van der Waals surface area contributed by atoms with Crippen LogP contribution in [0, 0.1) is 5.41 Å². The van der Waals surface area contributed by atoms with Gasteiger partial charge in [0.05, 0.1) is 0 Å². The van der Waals surface area contributed by atoms with E-state index in [1.54, 1.807) is 0 Å². The van der Waals surface area contributed by atoms with E-state index in [0.717, 1.165) is 32.6 Å². The van der Waals surface area contributed by atoms with Crippen LogP contribution in [0.5, 0.6) is 0 Å². The molecule has 0 aromatic rings. The van der Waals surface area contributed by atoms with E-state index in [2.05, 4.69) is 45.6 Å². The average molecular weight is 327 g/mol. The monoisotopic (exact) mass is 327 g/mol. The van der Waals surface area contributed by atoms with Gasteiger partial charge in [0.15, 0.2) is 0 Å². The molecule has 4 heteroatoms. The van der Waals surface area contributed by atoms with E-state index in [-0.39, 0.29) is 0 Å². The van der Waals surface area contributed by atoms with Crippen LogP contribution in [-0.2, 0) is 0 Å². The zero-order valence-electron chi connectivity index (χ0n) is 10.1. The maximum absolute atomic E-state index is 5.43. The number of nitrogens with two attached hydrogens (primary N) is 1. The Balaban J connectivity index is 3.38. The molecule has 15 heavy (non-hydrogen) atoms. The summed E-state index contributed by atoms with van der Waals surface area (Å²) in [5.74, 6) is 0. The lowest BCUT2D eigenvalue weighted by Crippen LogP contribution is -2.25. The third-order valence-corrected chi connectivity index (χ3v) is 3.20. The maximum atomic E-state index is 5.43. The Labute approximate surface area is 108 Å². The predicted molar refractivity (Wildman–Crippen MR) is 76.2 cm³/mol. The minimum absolute atomic E-state index is 0.462. The molecule has 0 heterocycles. The fourth-order valence-electron chi connectivity index (χ4n) is 1.54. The molecule has 0 atom stereocenters. The molecule has 3 nitrogen and oxygen atoms in total. The summed E-state index contributed by atoms with van der Waals surface area (Å²) in [7, 11) is 0. The van der Waals surface area contributed by atoms with E-state index in [1.807, 2.05) is 0 Å². The predicted octanol–water partition coefficient (Wildman–Crippen LogP) is 2.06. The van der Waals surface area contributed by atoms with Crippen molar-refractivity contribution in [2.45, 2.75) is 39.5 Å². The molecule has 0 bridgehead atoms. The van der Waals surface area contributed by atoms with Crippen molar-refractivity contribution in [3.63, 3.8) is 0 Å². The summed E-state index contributed by atoms with van der Waals surface area (Å²) in [5, 5.41) is 3.44. The number of hydrogen-bond donors (Lipinski definition) is 3. The fourth-order valence-corrected chi connectivity index (χ4v) is 1.92. The first kappa shape index (κ1) is 15.6. The first-order valence-electron chi connectivity index (χ1n) is 5.86. The number of hydrogen-bond acceptors (Lipinski definition) is 3. The maximum Gasteiger partial charge on any atom is 0.0169 e. The van der Waals surface area contributed by atoms with Gasteiger partial charge in [-0.15, -0.1) is 0 Å². The van der Waals surface area contributed by atoms with Crippen LogP contribution in [-0.4, -0.2) is 26.2 Å². The molecular formula is C11H26IN3. The summed E-state index contributed by atoms with van der Waals surface area (Å²) < 4.78 is 3.16. The second-order valence-electron chi connectivity index (χ2n) is 4.79.